The zero-order valence-electron chi connectivity index (χ0n) is 8.11. The van der Waals surface area contributed by atoms with Crippen molar-refractivity contribution in [3.8, 4) is 0 Å². The Morgan fingerprint density at radius 2 is 2.36 bits per heavy atom. The van der Waals surface area contributed by atoms with Crippen LogP contribution in [0.4, 0.5) is 0 Å². The monoisotopic (exact) mass is 219 g/mol. The van der Waals surface area contributed by atoms with E-state index in [1.54, 1.807) is 0 Å². The number of hydrogen-bond donors (Lipinski definition) is 3. The second-order valence-electron chi connectivity index (χ2n) is 4.02. The fourth-order valence-electron chi connectivity index (χ4n) is 2.17. The molecule has 0 aromatic rings. The molecule has 0 spiro atoms. The van der Waals surface area contributed by atoms with Crippen molar-refractivity contribution in [2.75, 3.05) is 12.3 Å². The molecule has 14 heavy (non-hydrogen) atoms. The molecule has 0 amide bonds. The van der Waals surface area contributed by atoms with Crippen LogP contribution in [0.2, 0.25) is 0 Å². The molecule has 0 aromatic carbocycles. The molecule has 0 heterocycles. The van der Waals surface area contributed by atoms with Gasteiger partial charge in [-0.3, -0.25) is 4.79 Å². The Labute approximate surface area is 88.1 Å². The van der Waals surface area contributed by atoms with E-state index in [0.717, 1.165) is 24.9 Å². The molecule has 1 aliphatic carbocycles. The van der Waals surface area contributed by atoms with E-state index in [1.807, 2.05) is 0 Å². The summed E-state index contributed by atoms with van der Waals surface area (Å²) in [5.74, 6) is 0.332. The molecule has 4 nitrogen and oxygen atoms in total. The summed E-state index contributed by atoms with van der Waals surface area (Å²) < 4.78 is 8.60. The van der Waals surface area contributed by atoms with Crippen molar-refractivity contribution in [1.29, 1.82) is 0 Å². The molecule has 2 unspecified atom stereocenters. The summed E-state index contributed by atoms with van der Waals surface area (Å²) >= 11 is 0.826. The molecule has 0 bridgehead atoms. The van der Waals surface area contributed by atoms with Gasteiger partial charge in [-0.1, -0.05) is 0 Å². The lowest BCUT2D eigenvalue weighted by atomic mass is 9.85. The van der Waals surface area contributed by atoms with Crippen LogP contribution in [0.5, 0.6) is 0 Å². The van der Waals surface area contributed by atoms with Gasteiger partial charge in [0.25, 0.3) is 0 Å². The minimum absolute atomic E-state index is 0.227. The Hall–Kier alpha value is -0.260. The van der Waals surface area contributed by atoms with Gasteiger partial charge in [-0.15, -0.1) is 0 Å². The van der Waals surface area contributed by atoms with Crippen molar-refractivity contribution in [1.82, 2.24) is 0 Å². The van der Waals surface area contributed by atoms with Gasteiger partial charge in [0.15, 0.2) is 0 Å². The number of carboxylic acid groups (broad SMARTS) is 1. The zero-order valence-corrected chi connectivity index (χ0v) is 8.92. The van der Waals surface area contributed by atoms with Crippen LogP contribution in [0.15, 0.2) is 0 Å². The van der Waals surface area contributed by atoms with Crippen LogP contribution in [-0.4, -0.2) is 27.9 Å². The molecule has 0 saturated heterocycles. The lowest BCUT2D eigenvalue weighted by Gasteiger charge is -2.21. The van der Waals surface area contributed by atoms with Crippen molar-refractivity contribution in [3.63, 3.8) is 0 Å². The topological polar surface area (TPSA) is 83.6 Å². The van der Waals surface area contributed by atoms with E-state index < -0.39 is 11.4 Å². The summed E-state index contributed by atoms with van der Waals surface area (Å²) in [5.41, 5.74) is 4.84. The number of carboxylic acids is 1. The second kappa shape index (κ2) is 5.00. The predicted octanol–water partition coefficient (Wildman–Crippen LogP) is 1.41. The first-order valence-corrected chi connectivity index (χ1v) is 5.79. The van der Waals surface area contributed by atoms with Gasteiger partial charge in [0.1, 0.15) is 0 Å². The summed E-state index contributed by atoms with van der Waals surface area (Å²) in [4.78, 5) is 11.0. The van der Waals surface area contributed by atoms with Gasteiger partial charge in [-0.25, -0.2) is 0 Å². The average Bonchev–Trinajstić information content (AvgIpc) is 2.59. The van der Waals surface area contributed by atoms with E-state index in [2.05, 4.69) is 0 Å². The first-order valence-electron chi connectivity index (χ1n) is 4.84. The number of carbonyl (C=O) groups is 1. The second-order valence-corrected chi connectivity index (χ2v) is 4.69. The summed E-state index contributed by atoms with van der Waals surface area (Å²) in [7, 11) is 0. The summed E-state index contributed by atoms with van der Waals surface area (Å²) in [6.07, 6.45) is 3.15. The predicted molar refractivity (Wildman–Crippen MR) is 56.2 cm³/mol. The maximum Gasteiger partial charge on any atom is 0.310 e. The van der Waals surface area contributed by atoms with Gasteiger partial charge < -0.3 is 15.4 Å². The van der Waals surface area contributed by atoms with E-state index in [1.165, 1.54) is 0 Å². The van der Waals surface area contributed by atoms with Gasteiger partial charge >= 0.3 is 5.97 Å². The lowest BCUT2D eigenvalue weighted by Crippen LogP contribution is -2.36. The summed E-state index contributed by atoms with van der Waals surface area (Å²) in [5, 5.41) is 9.07. The van der Waals surface area contributed by atoms with Crippen LogP contribution in [0, 0.1) is 11.3 Å². The summed E-state index contributed by atoms with van der Waals surface area (Å²) in [6, 6.07) is 0. The quantitative estimate of drug-likeness (QED) is 0.609. The number of nitrogens with two attached hydrogens (primary N) is 1. The highest BCUT2D eigenvalue weighted by Gasteiger charge is 2.43. The Morgan fingerprint density at radius 1 is 1.64 bits per heavy atom. The van der Waals surface area contributed by atoms with Crippen molar-refractivity contribution < 1.29 is 14.5 Å². The third-order valence-electron chi connectivity index (χ3n) is 3.17. The minimum Gasteiger partial charge on any atom is -0.481 e. The van der Waals surface area contributed by atoms with Gasteiger partial charge in [-0.2, -0.15) is 0 Å². The number of hydrogen-bond acceptors (Lipinski definition) is 4. The van der Waals surface area contributed by atoms with E-state index in [-0.39, 0.29) is 6.54 Å². The molecule has 1 saturated carbocycles. The van der Waals surface area contributed by atoms with Crippen LogP contribution >= 0.6 is 12.0 Å². The average molecular weight is 219 g/mol. The largest absolute Gasteiger partial charge is 0.481 e. The first-order chi connectivity index (χ1) is 6.64. The van der Waals surface area contributed by atoms with E-state index in [9.17, 15) is 4.79 Å². The normalized spacial score (nSPS) is 32.0. The fourth-order valence-corrected chi connectivity index (χ4v) is 2.61. The molecule has 0 radical (unpaired) electrons. The highest BCUT2D eigenvalue weighted by molar-refractivity contribution is 7.93. The van der Waals surface area contributed by atoms with Gasteiger partial charge in [0, 0.05) is 12.3 Å². The van der Waals surface area contributed by atoms with Crippen molar-refractivity contribution >= 4 is 18.0 Å². The third-order valence-corrected chi connectivity index (χ3v) is 3.59. The molecule has 1 rings (SSSR count). The number of rotatable bonds is 5. The van der Waals surface area contributed by atoms with Crippen LogP contribution in [0.3, 0.4) is 0 Å². The molecular weight excluding hydrogens is 202 g/mol. The molecule has 2 atom stereocenters. The molecule has 0 aromatic heterocycles. The summed E-state index contributed by atoms with van der Waals surface area (Å²) in [6.45, 7) is 0.227. The Kier molecular flexibility index (Phi) is 4.22. The van der Waals surface area contributed by atoms with Crippen molar-refractivity contribution in [3.05, 3.63) is 0 Å². The Morgan fingerprint density at radius 3 is 2.79 bits per heavy atom. The van der Waals surface area contributed by atoms with Crippen LogP contribution in [0.1, 0.15) is 25.7 Å². The third kappa shape index (κ3) is 2.40. The first kappa shape index (κ1) is 11.8. The van der Waals surface area contributed by atoms with Crippen LogP contribution in [-0.2, 0) is 4.79 Å². The SMILES string of the molecule is NCC1(C(=O)O)CCC(CCSO)C1. The highest BCUT2D eigenvalue weighted by Crippen LogP contribution is 2.42. The van der Waals surface area contributed by atoms with E-state index in [0.29, 0.717) is 24.5 Å². The Bertz CT molecular complexity index is 212. The lowest BCUT2D eigenvalue weighted by molar-refractivity contribution is -0.148. The minimum atomic E-state index is -0.765. The van der Waals surface area contributed by atoms with Crippen molar-refractivity contribution in [2.45, 2.75) is 25.7 Å². The molecule has 82 valence electrons. The number of aliphatic carboxylic acids is 1. The standard InChI is InChI=1S/C9H17NO3S/c10-6-9(8(11)12)3-1-7(5-9)2-4-14-13/h7,13H,1-6,10H2,(H,11,12). The van der Waals surface area contributed by atoms with Gasteiger partial charge in [0.05, 0.1) is 5.41 Å². The maximum absolute atomic E-state index is 11.0. The molecule has 1 aliphatic rings. The molecule has 1 fully saturated rings. The highest BCUT2D eigenvalue weighted by atomic mass is 32.2. The van der Waals surface area contributed by atoms with Gasteiger partial charge in [-0.05, 0) is 43.6 Å². The van der Waals surface area contributed by atoms with E-state index in [4.69, 9.17) is 15.4 Å². The molecular formula is C9H17NO3S. The fraction of sp³-hybridized carbons (Fsp3) is 0.889. The molecule has 0 aliphatic heterocycles. The smallest absolute Gasteiger partial charge is 0.310 e. The molecule has 4 N–H and O–H groups in total. The van der Waals surface area contributed by atoms with Gasteiger partial charge in [0.2, 0.25) is 0 Å². The molecule has 5 heteroatoms. The Balaban J connectivity index is 2.48. The van der Waals surface area contributed by atoms with Crippen molar-refractivity contribution in [2.24, 2.45) is 17.1 Å². The van der Waals surface area contributed by atoms with E-state index >= 15 is 0 Å². The van der Waals surface area contributed by atoms with Crippen LogP contribution < -0.4 is 5.73 Å². The maximum atomic E-state index is 11.0. The zero-order chi connectivity index (χ0) is 10.6. The van der Waals surface area contributed by atoms with Crippen LogP contribution in [0.25, 0.3) is 0 Å².